The number of phenols is 1. The fourth-order valence-electron chi connectivity index (χ4n) is 1.33. The van der Waals surface area contributed by atoms with Crippen molar-refractivity contribution in [2.24, 2.45) is 0 Å². The van der Waals surface area contributed by atoms with Crippen molar-refractivity contribution in [1.29, 1.82) is 0 Å². The van der Waals surface area contributed by atoms with Crippen LogP contribution in [0.5, 0.6) is 5.75 Å². The van der Waals surface area contributed by atoms with Crippen molar-refractivity contribution >= 4 is 5.78 Å². The first-order chi connectivity index (χ1) is 6.50. The first-order valence-corrected chi connectivity index (χ1v) is 4.48. The Hall–Kier alpha value is -1.35. The number of carbonyl (C=O) groups excluding carboxylic acids is 1. The minimum Gasteiger partial charge on any atom is -0.508 e. The zero-order valence-corrected chi connectivity index (χ0v) is 8.74. The molecule has 0 aliphatic heterocycles. The van der Waals surface area contributed by atoms with E-state index >= 15 is 0 Å². The average molecular weight is 193 g/mol. The molecular formula is C11H15NO2. The number of carbonyl (C=O) groups is 1. The first-order valence-electron chi connectivity index (χ1n) is 4.48. The summed E-state index contributed by atoms with van der Waals surface area (Å²) in [5.74, 6) is 0.274. The predicted octanol–water partition coefficient (Wildman–Crippen LogP) is 1.44. The third kappa shape index (κ3) is 2.57. The normalized spacial score (nSPS) is 10.6. The van der Waals surface area contributed by atoms with Crippen LogP contribution in [-0.4, -0.2) is 36.4 Å². The molecule has 0 aliphatic carbocycles. The highest BCUT2D eigenvalue weighted by molar-refractivity contribution is 5.99. The zero-order valence-electron chi connectivity index (χ0n) is 8.74. The number of benzene rings is 1. The molecule has 0 spiro atoms. The van der Waals surface area contributed by atoms with Crippen LogP contribution in [-0.2, 0) is 0 Å². The Kier molecular flexibility index (Phi) is 3.25. The van der Waals surface area contributed by atoms with Crippen molar-refractivity contribution in [1.82, 2.24) is 4.90 Å². The molecule has 1 N–H and O–H groups in total. The van der Waals surface area contributed by atoms with Crippen molar-refractivity contribution in [3.8, 4) is 5.75 Å². The van der Waals surface area contributed by atoms with Gasteiger partial charge in [-0.25, -0.2) is 0 Å². The van der Waals surface area contributed by atoms with Gasteiger partial charge in [0.15, 0.2) is 5.78 Å². The lowest BCUT2D eigenvalue weighted by atomic mass is 10.0. The van der Waals surface area contributed by atoms with E-state index in [0.717, 1.165) is 5.56 Å². The fraction of sp³-hybridized carbons (Fsp3) is 0.364. The monoisotopic (exact) mass is 193 g/mol. The van der Waals surface area contributed by atoms with E-state index < -0.39 is 0 Å². The molecule has 14 heavy (non-hydrogen) atoms. The lowest BCUT2D eigenvalue weighted by Crippen LogP contribution is -2.22. The van der Waals surface area contributed by atoms with Gasteiger partial charge < -0.3 is 10.0 Å². The maximum absolute atomic E-state index is 11.7. The quantitative estimate of drug-likeness (QED) is 0.738. The number of hydrogen-bond acceptors (Lipinski definition) is 3. The lowest BCUT2D eigenvalue weighted by molar-refractivity contribution is 0.0957. The molecule has 3 nitrogen and oxygen atoms in total. The number of aryl methyl sites for hydroxylation is 1. The number of hydrogen-bond donors (Lipinski definition) is 1. The van der Waals surface area contributed by atoms with Gasteiger partial charge in [0.1, 0.15) is 5.75 Å². The molecule has 0 aliphatic rings. The molecule has 1 aromatic carbocycles. The summed E-state index contributed by atoms with van der Waals surface area (Å²) < 4.78 is 0. The van der Waals surface area contributed by atoms with Crippen molar-refractivity contribution in [3.63, 3.8) is 0 Å². The fourth-order valence-corrected chi connectivity index (χ4v) is 1.33. The van der Waals surface area contributed by atoms with E-state index in [-0.39, 0.29) is 11.5 Å². The summed E-state index contributed by atoms with van der Waals surface area (Å²) in [5.41, 5.74) is 1.49. The van der Waals surface area contributed by atoms with Gasteiger partial charge in [-0.3, -0.25) is 4.79 Å². The number of Topliss-reactive ketones (excluding diaryl/α,β-unsaturated/α-hetero) is 1. The molecule has 1 rings (SSSR count). The highest BCUT2D eigenvalue weighted by Crippen LogP contribution is 2.16. The third-order valence-electron chi connectivity index (χ3n) is 1.97. The smallest absolute Gasteiger partial charge is 0.177 e. The van der Waals surface area contributed by atoms with Gasteiger partial charge in [0.2, 0.25) is 0 Å². The molecule has 0 aromatic heterocycles. The molecule has 0 bridgehead atoms. The molecule has 0 saturated carbocycles. The average Bonchev–Trinajstić information content (AvgIpc) is 2.01. The third-order valence-corrected chi connectivity index (χ3v) is 1.97. The summed E-state index contributed by atoms with van der Waals surface area (Å²) in [6, 6.07) is 4.80. The van der Waals surface area contributed by atoms with E-state index in [0.29, 0.717) is 12.1 Å². The molecule has 0 atom stereocenters. The SMILES string of the molecule is Cc1cc(O)ccc1C(=O)CN(C)C. The van der Waals surface area contributed by atoms with E-state index in [9.17, 15) is 9.90 Å². The Morgan fingerprint density at radius 1 is 1.43 bits per heavy atom. The minimum atomic E-state index is 0.0764. The van der Waals surface area contributed by atoms with E-state index in [1.54, 1.807) is 12.1 Å². The van der Waals surface area contributed by atoms with Crippen molar-refractivity contribution < 1.29 is 9.90 Å². The highest BCUT2D eigenvalue weighted by atomic mass is 16.3. The maximum atomic E-state index is 11.7. The van der Waals surface area contributed by atoms with Crippen LogP contribution in [0.2, 0.25) is 0 Å². The van der Waals surface area contributed by atoms with Gasteiger partial charge in [-0.05, 0) is 44.8 Å². The van der Waals surface area contributed by atoms with E-state index in [1.807, 2.05) is 25.9 Å². The summed E-state index contributed by atoms with van der Waals surface area (Å²) in [5, 5.41) is 9.18. The maximum Gasteiger partial charge on any atom is 0.177 e. The molecule has 0 unspecified atom stereocenters. The van der Waals surface area contributed by atoms with Crippen LogP contribution in [0.15, 0.2) is 18.2 Å². The molecular weight excluding hydrogens is 178 g/mol. The summed E-state index contributed by atoms with van der Waals surface area (Å²) in [4.78, 5) is 13.5. The van der Waals surface area contributed by atoms with Crippen LogP contribution < -0.4 is 0 Å². The van der Waals surface area contributed by atoms with Crippen molar-refractivity contribution in [2.75, 3.05) is 20.6 Å². The lowest BCUT2D eigenvalue weighted by Gasteiger charge is -2.10. The number of ketones is 1. The van der Waals surface area contributed by atoms with Crippen LogP contribution >= 0.6 is 0 Å². The number of nitrogens with zero attached hydrogens (tertiary/aromatic N) is 1. The summed E-state index contributed by atoms with van der Waals surface area (Å²) in [6.07, 6.45) is 0. The van der Waals surface area contributed by atoms with Crippen LogP contribution in [0.25, 0.3) is 0 Å². The van der Waals surface area contributed by atoms with Crippen LogP contribution in [0, 0.1) is 6.92 Å². The molecule has 0 heterocycles. The number of aromatic hydroxyl groups is 1. The first kappa shape index (κ1) is 10.7. The van der Waals surface area contributed by atoms with Gasteiger partial charge in [-0.2, -0.15) is 0 Å². The van der Waals surface area contributed by atoms with Crippen LogP contribution in [0.3, 0.4) is 0 Å². The highest BCUT2D eigenvalue weighted by Gasteiger charge is 2.09. The van der Waals surface area contributed by atoms with Gasteiger partial charge in [0.25, 0.3) is 0 Å². The van der Waals surface area contributed by atoms with Gasteiger partial charge in [-0.1, -0.05) is 0 Å². The zero-order chi connectivity index (χ0) is 10.7. The van der Waals surface area contributed by atoms with E-state index in [2.05, 4.69) is 0 Å². The molecule has 0 saturated heterocycles. The van der Waals surface area contributed by atoms with Crippen molar-refractivity contribution in [2.45, 2.75) is 6.92 Å². The minimum absolute atomic E-state index is 0.0764. The van der Waals surface area contributed by atoms with Crippen molar-refractivity contribution in [3.05, 3.63) is 29.3 Å². The second kappa shape index (κ2) is 4.24. The number of likely N-dealkylation sites (N-methyl/N-ethyl adjacent to an activating group) is 1. The molecule has 76 valence electrons. The molecule has 3 heteroatoms. The molecule has 0 fully saturated rings. The van der Waals surface area contributed by atoms with E-state index in [4.69, 9.17) is 0 Å². The second-order valence-electron chi connectivity index (χ2n) is 3.66. The Bertz CT molecular complexity index is 345. The predicted molar refractivity (Wildman–Crippen MR) is 55.7 cm³/mol. The topological polar surface area (TPSA) is 40.5 Å². The van der Waals surface area contributed by atoms with Crippen LogP contribution in [0.4, 0.5) is 0 Å². The Morgan fingerprint density at radius 2 is 2.07 bits per heavy atom. The molecule has 1 aromatic rings. The number of phenolic OH excluding ortho intramolecular Hbond substituents is 1. The summed E-state index contributed by atoms with van der Waals surface area (Å²) in [7, 11) is 3.71. The largest absolute Gasteiger partial charge is 0.508 e. The Balaban J connectivity index is 2.90. The van der Waals surface area contributed by atoms with Gasteiger partial charge >= 0.3 is 0 Å². The summed E-state index contributed by atoms with van der Waals surface area (Å²) in [6.45, 7) is 2.22. The molecule has 0 amide bonds. The van der Waals surface area contributed by atoms with Crippen LogP contribution in [0.1, 0.15) is 15.9 Å². The standard InChI is InChI=1S/C11H15NO2/c1-8-6-9(13)4-5-10(8)11(14)7-12(2)3/h4-6,13H,7H2,1-3H3. The van der Waals surface area contributed by atoms with Gasteiger partial charge in [0.05, 0.1) is 6.54 Å². The number of rotatable bonds is 3. The Labute approximate surface area is 84.0 Å². The molecule has 0 radical (unpaired) electrons. The Morgan fingerprint density at radius 3 is 2.57 bits per heavy atom. The van der Waals surface area contributed by atoms with E-state index in [1.165, 1.54) is 6.07 Å². The summed E-state index contributed by atoms with van der Waals surface area (Å²) >= 11 is 0. The van der Waals surface area contributed by atoms with Gasteiger partial charge in [-0.15, -0.1) is 0 Å². The van der Waals surface area contributed by atoms with Gasteiger partial charge in [0, 0.05) is 5.56 Å². The second-order valence-corrected chi connectivity index (χ2v) is 3.66.